The Kier molecular flexibility index (Phi) is 4.62. The number of hydrogen-bond donors (Lipinski definition) is 0. The second-order valence-electron chi connectivity index (χ2n) is 8.66. The molecule has 35 heavy (non-hydrogen) atoms. The molecule has 0 aliphatic rings. The minimum absolute atomic E-state index is 0.0000852. The summed E-state index contributed by atoms with van der Waals surface area (Å²) in [5, 5.41) is 25.5. The van der Waals surface area contributed by atoms with Crippen LogP contribution in [0.5, 0.6) is 0 Å². The van der Waals surface area contributed by atoms with Crippen LogP contribution in [-0.4, -0.2) is 0 Å². The number of halogens is 1. The average Bonchev–Trinajstić information content (AvgIpc) is 2.88. The summed E-state index contributed by atoms with van der Waals surface area (Å²) >= 11 is 0. The van der Waals surface area contributed by atoms with Gasteiger partial charge in [0.25, 0.3) is 0 Å². The molecule has 0 saturated carbocycles. The van der Waals surface area contributed by atoms with Gasteiger partial charge in [-0.3, -0.25) is 0 Å². The third kappa shape index (κ3) is 3.16. The van der Waals surface area contributed by atoms with Crippen LogP contribution in [0.4, 0.5) is 21.5 Å². The molecule has 0 aliphatic carbocycles. The Labute approximate surface area is 201 Å². The van der Waals surface area contributed by atoms with E-state index in [-0.39, 0.29) is 5.56 Å². The van der Waals surface area contributed by atoms with E-state index in [9.17, 15) is 14.9 Å². The van der Waals surface area contributed by atoms with E-state index in [1.807, 2.05) is 36.1 Å². The monoisotopic (exact) mass is 451 g/mol. The number of rotatable bonds is 3. The Morgan fingerprint density at radius 3 is 1.91 bits per heavy atom. The Hall–Kier alpha value is -4.93. The third-order valence-electron chi connectivity index (χ3n) is 6.67. The summed E-state index contributed by atoms with van der Waals surface area (Å²) in [6, 6.07) is 33.3. The highest BCUT2D eigenvalue weighted by Crippen LogP contribution is 2.44. The highest BCUT2D eigenvalue weighted by molar-refractivity contribution is 6.25. The highest BCUT2D eigenvalue weighted by Gasteiger charge is 2.20. The van der Waals surface area contributed by atoms with Crippen molar-refractivity contribution in [3.63, 3.8) is 0 Å². The lowest BCUT2D eigenvalue weighted by atomic mass is 9.93. The van der Waals surface area contributed by atoms with Crippen LogP contribution in [0.2, 0.25) is 0 Å². The van der Waals surface area contributed by atoms with Crippen LogP contribution in [0.15, 0.2) is 91.0 Å². The van der Waals surface area contributed by atoms with Gasteiger partial charge in [-0.2, -0.15) is 10.5 Å². The zero-order chi connectivity index (χ0) is 24.1. The minimum atomic E-state index is -0.571. The molecule has 0 N–H and O–H groups in total. The van der Waals surface area contributed by atoms with E-state index < -0.39 is 5.82 Å². The number of aryl methyl sites for hydroxylation is 1. The molecule has 6 aromatic rings. The molecule has 3 nitrogen and oxygen atoms in total. The van der Waals surface area contributed by atoms with E-state index >= 15 is 0 Å². The molecule has 6 rings (SSSR count). The standard InChI is InChI=1S/C31H18FN3/c1-19-15-25(11-7-23(19)17-33)35(26-12-8-24(18-34)28(32)16-26)29-14-10-22-6-5-20-3-2-4-21-9-13-27(29)31(22)30(20)21/h2-16H,1H3. The van der Waals surface area contributed by atoms with Crippen LogP contribution in [0.1, 0.15) is 16.7 Å². The van der Waals surface area contributed by atoms with E-state index in [4.69, 9.17) is 0 Å². The van der Waals surface area contributed by atoms with Gasteiger partial charge in [0.2, 0.25) is 0 Å². The van der Waals surface area contributed by atoms with Gasteiger partial charge in [0.15, 0.2) is 0 Å². The molecule has 0 saturated heterocycles. The SMILES string of the molecule is Cc1cc(N(c2ccc(C#N)c(F)c2)c2ccc3ccc4cccc5ccc2c3c45)ccc1C#N. The lowest BCUT2D eigenvalue weighted by molar-refractivity contribution is 0.624. The molecule has 0 amide bonds. The molecule has 4 heteroatoms. The summed E-state index contributed by atoms with van der Waals surface area (Å²) in [5.74, 6) is -0.571. The Morgan fingerprint density at radius 2 is 1.26 bits per heavy atom. The van der Waals surface area contributed by atoms with Crippen LogP contribution in [0.3, 0.4) is 0 Å². The summed E-state index contributed by atoms with van der Waals surface area (Å²) in [6.07, 6.45) is 0. The van der Waals surface area contributed by atoms with Crippen molar-refractivity contribution in [2.75, 3.05) is 4.90 Å². The van der Waals surface area contributed by atoms with Crippen LogP contribution in [-0.2, 0) is 0 Å². The molecule has 0 fully saturated rings. The molecule has 0 spiro atoms. The second kappa shape index (κ2) is 7.83. The largest absolute Gasteiger partial charge is 0.310 e. The molecule has 0 heterocycles. The zero-order valence-corrected chi connectivity index (χ0v) is 18.9. The summed E-state index contributed by atoms with van der Waals surface area (Å²) in [7, 11) is 0. The number of anilines is 3. The second-order valence-corrected chi connectivity index (χ2v) is 8.66. The van der Waals surface area contributed by atoms with E-state index in [2.05, 4.69) is 54.6 Å². The fourth-order valence-electron chi connectivity index (χ4n) is 4.99. The quantitative estimate of drug-likeness (QED) is 0.255. The molecule has 0 bridgehead atoms. The Balaban J connectivity index is 1.69. The molecule has 0 aromatic heterocycles. The molecule has 0 aliphatic heterocycles. The summed E-state index contributed by atoms with van der Waals surface area (Å²) in [4.78, 5) is 1.99. The third-order valence-corrected chi connectivity index (χ3v) is 6.67. The van der Waals surface area contributed by atoms with Crippen molar-refractivity contribution in [2.24, 2.45) is 0 Å². The zero-order valence-electron chi connectivity index (χ0n) is 18.9. The van der Waals surface area contributed by atoms with Gasteiger partial charge in [-0.05, 0) is 81.9 Å². The molecule has 0 unspecified atom stereocenters. The summed E-state index contributed by atoms with van der Waals surface area (Å²) in [5.41, 5.74) is 3.72. The highest BCUT2D eigenvalue weighted by atomic mass is 19.1. The van der Waals surface area contributed by atoms with Crippen LogP contribution in [0, 0.1) is 35.4 Å². The van der Waals surface area contributed by atoms with Gasteiger partial charge in [-0.25, -0.2) is 4.39 Å². The summed E-state index contributed by atoms with van der Waals surface area (Å²) < 4.78 is 14.8. The van der Waals surface area contributed by atoms with Crippen LogP contribution >= 0.6 is 0 Å². The topological polar surface area (TPSA) is 50.8 Å². The van der Waals surface area contributed by atoms with Gasteiger partial charge in [0.1, 0.15) is 11.9 Å². The van der Waals surface area contributed by atoms with Crippen molar-refractivity contribution in [3.8, 4) is 12.1 Å². The van der Waals surface area contributed by atoms with E-state index in [1.165, 1.54) is 28.3 Å². The molecular weight excluding hydrogens is 433 g/mol. The van der Waals surface area contributed by atoms with Crippen molar-refractivity contribution in [2.45, 2.75) is 6.92 Å². The average molecular weight is 452 g/mol. The summed E-state index contributed by atoms with van der Waals surface area (Å²) in [6.45, 7) is 1.89. The van der Waals surface area contributed by atoms with Gasteiger partial charge < -0.3 is 4.90 Å². The maximum atomic E-state index is 14.8. The van der Waals surface area contributed by atoms with Gasteiger partial charge in [0, 0.05) is 16.8 Å². The number of benzene rings is 6. The molecule has 0 radical (unpaired) electrons. The maximum absolute atomic E-state index is 14.8. The lowest BCUT2D eigenvalue weighted by Gasteiger charge is -2.28. The van der Waals surface area contributed by atoms with Crippen molar-refractivity contribution in [3.05, 3.63) is 114 Å². The van der Waals surface area contributed by atoms with Crippen LogP contribution in [0.25, 0.3) is 32.3 Å². The van der Waals surface area contributed by atoms with Gasteiger partial charge in [0.05, 0.1) is 22.9 Å². The van der Waals surface area contributed by atoms with Crippen molar-refractivity contribution < 1.29 is 4.39 Å². The van der Waals surface area contributed by atoms with Crippen molar-refractivity contribution >= 4 is 49.4 Å². The fraction of sp³-hybridized carbons (Fsp3) is 0.0323. The van der Waals surface area contributed by atoms with E-state index in [1.54, 1.807) is 12.1 Å². The molecule has 0 atom stereocenters. The lowest BCUT2D eigenvalue weighted by Crippen LogP contribution is -2.11. The minimum Gasteiger partial charge on any atom is -0.310 e. The Bertz CT molecular complexity index is 1780. The van der Waals surface area contributed by atoms with Crippen LogP contribution < -0.4 is 4.90 Å². The first kappa shape index (κ1) is 20.7. The number of nitrogens with zero attached hydrogens (tertiary/aromatic N) is 3. The fourth-order valence-corrected chi connectivity index (χ4v) is 4.99. The molecular formula is C31H18FN3. The normalized spacial score (nSPS) is 11.1. The first-order valence-corrected chi connectivity index (χ1v) is 11.3. The number of nitriles is 2. The van der Waals surface area contributed by atoms with E-state index in [0.29, 0.717) is 11.3 Å². The first-order valence-electron chi connectivity index (χ1n) is 11.3. The molecule has 6 aromatic carbocycles. The van der Waals surface area contributed by atoms with Crippen molar-refractivity contribution in [1.29, 1.82) is 10.5 Å². The predicted molar refractivity (Wildman–Crippen MR) is 139 cm³/mol. The van der Waals surface area contributed by atoms with Gasteiger partial charge in [-0.1, -0.05) is 48.5 Å². The predicted octanol–water partition coefficient (Wildman–Crippen LogP) is 8.24. The van der Waals surface area contributed by atoms with E-state index in [0.717, 1.165) is 33.1 Å². The van der Waals surface area contributed by atoms with Gasteiger partial charge >= 0.3 is 0 Å². The Morgan fingerprint density at radius 1 is 0.657 bits per heavy atom. The number of hydrogen-bond acceptors (Lipinski definition) is 3. The first-order chi connectivity index (χ1) is 17.1. The van der Waals surface area contributed by atoms with Crippen molar-refractivity contribution in [1.82, 2.24) is 0 Å². The molecule has 164 valence electrons. The van der Waals surface area contributed by atoms with Gasteiger partial charge in [-0.15, -0.1) is 0 Å². The smallest absolute Gasteiger partial charge is 0.143 e. The maximum Gasteiger partial charge on any atom is 0.143 e.